The first-order chi connectivity index (χ1) is 12.0. The van der Waals surface area contributed by atoms with E-state index in [0.29, 0.717) is 10.8 Å². The lowest BCUT2D eigenvalue weighted by molar-refractivity contribution is -0.197. The van der Waals surface area contributed by atoms with Gasteiger partial charge in [0.25, 0.3) is 11.8 Å². The first-order valence-corrected chi connectivity index (χ1v) is 7.89. The lowest BCUT2D eigenvalue weighted by atomic mass is 10.1. The highest BCUT2D eigenvalue weighted by Gasteiger charge is 2.32. The van der Waals surface area contributed by atoms with Crippen molar-refractivity contribution >= 4 is 40.2 Å². The maximum Gasteiger partial charge on any atom is 0.333 e. The van der Waals surface area contributed by atoms with E-state index in [1.54, 1.807) is 6.07 Å². The molecule has 2 aromatic carbocycles. The van der Waals surface area contributed by atoms with Crippen LogP contribution in [0.5, 0.6) is 0 Å². The molecule has 1 saturated heterocycles. The number of hydrogen-bond donors (Lipinski definition) is 1. The molecule has 128 valence electrons. The second-order valence-electron chi connectivity index (χ2n) is 5.62. The second-order valence-corrected chi connectivity index (χ2v) is 5.62. The molecule has 0 saturated carbocycles. The molecule has 7 nitrogen and oxygen atoms in total. The van der Waals surface area contributed by atoms with Crippen LogP contribution in [0.25, 0.3) is 10.8 Å². The van der Waals surface area contributed by atoms with Gasteiger partial charge >= 0.3 is 5.97 Å². The van der Waals surface area contributed by atoms with Crippen molar-refractivity contribution < 1.29 is 24.0 Å². The molecule has 2 aromatic rings. The first-order valence-electron chi connectivity index (χ1n) is 7.89. The molecule has 0 bridgehead atoms. The summed E-state index contributed by atoms with van der Waals surface area (Å²) < 4.78 is 0. The third kappa shape index (κ3) is 3.82. The summed E-state index contributed by atoms with van der Waals surface area (Å²) in [7, 11) is 0. The quantitative estimate of drug-likeness (QED) is 0.842. The van der Waals surface area contributed by atoms with E-state index in [-0.39, 0.29) is 31.6 Å². The molecule has 0 atom stereocenters. The van der Waals surface area contributed by atoms with Gasteiger partial charge < -0.3 is 10.2 Å². The molecule has 0 spiro atoms. The summed E-state index contributed by atoms with van der Waals surface area (Å²) in [4.78, 5) is 51.2. The molecule has 0 aromatic heterocycles. The van der Waals surface area contributed by atoms with Gasteiger partial charge in [0.1, 0.15) is 0 Å². The average molecular weight is 340 g/mol. The Morgan fingerprint density at radius 2 is 1.64 bits per heavy atom. The maximum absolute atomic E-state index is 12.1. The fourth-order valence-corrected chi connectivity index (χ4v) is 2.57. The summed E-state index contributed by atoms with van der Waals surface area (Å²) in [6, 6.07) is 13.2. The summed E-state index contributed by atoms with van der Waals surface area (Å²) >= 11 is 0. The van der Waals surface area contributed by atoms with E-state index in [2.05, 4.69) is 5.32 Å². The normalized spacial score (nSPS) is 14.0. The van der Waals surface area contributed by atoms with Gasteiger partial charge in [-0.05, 0) is 11.5 Å². The molecule has 25 heavy (non-hydrogen) atoms. The highest BCUT2D eigenvalue weighted by molar-refractivity contribution is 6.03. The van der Waals surface area contributed by atoms with Crippen molar-refractivity contribution in [3.8, 4) is 0 Å². The lowest BCUT2D eigenvalue weighted by Gasteiger charge is -2.12. The summed E-state index contributed by atoms with van der Waals surface area (Å²) in [5.74, 6) is -2.24. The van der Waals surface area contributed by atoms with Crippen LogP contribution in [-0.4, -0.2) is 28.8 Å². The monoisotopic (exact) mass is 340 g/mol. The van der Waals surface area contributed by atoms with Crippen molar-refractivity contribution in [2.45, 2.75) is 25.7 Å². The Morgan fingerprint density at radius 3 is 2.40 bits per heavy atom. The van der Waals surface area contributed by atoms with Crippen molar-refractivity contribution in [2.24, 2.45) is 0 Å². The minimum absolute atomic E-state index is 0.0354. The summed E-state index contributed by atoms with van der Waals surface area (Å²) in [6.07, 6.45) is -0.271. The zero-order valence-corrected chi connectivity index (χ0v) is 13.4. The van der Waals surface area contributed by atoms with Gasteiger partial charge in [0.15, 0.2) is 0 Å². The van der Waals surface area contributed by atoms with Crippen LogP contribution in [0, 0.1) is 0 Å². The van der Waals surface area contributed by atoms with Gasteiger partial charge in [-0.15, -0.1) is 5.06 Å². The van der Waals surface area contributed by atoms with Gasteiger partial charge in [0.2, 0.25) is 5.91 Å². The lowest BCUT2D eigenvalue weighted by Crippen LogP contribution is -2.32. The fourth-order valence-electron chi connectivity index (χ4n) is 2.57. The van der Waals surface area contributed by atoms with Crippen molar-refractivity contribution in [1.82, 2.24) is 5.06 Å². The number of fused-ring (bicyclic) bond motifs is 1. The Morgan fingerprint density at radius 1 is 0.960 bits per heavy atom. The third-order valence-electron chi connectivity index (χ3n) is 3.82. The van der Waals surface area contributed by atoms with Crippen molar-refractivity contribution in [3.05, 3.63) is 42.5 Å². The van der Waals surface area contributed by atoms with Gasteiger partial charge in [0, 0.05) is 30.3 Å². The van der Waals surface area contributed by atoms with Gasteiger partial charge in [0.05, 0.1) is 6.42 Å². The molecular formula is C18H16N2O5. The van der Waals surface area contributed by atoms with E-state index in [0.717, 1.165) is 10.8 Å². The SMILES string of the molecule is O=C(CCC(=O)ON1C(=O)CCC1=O)Nc1cccc2ccccc12. The number of carbonyl (C=O) groups is 4. The number of amides is 3. The highest BCUT2D eigenvalue weighted by Crippen LogP contribution is 2.23. The van der Waals surface area contributed by atoms with Crippen molar-refractivity contribution in [1.29, 1.82) is 0 Å². The maximum atomic E-state index is 12.1. The number of carbonyl (C=O) groups excluding carboxylic acids is 4. The Balaban J connectivity index is 1.55. The molecule has 3 amide bonds. The molecule has 1 fully saturated rings. The smallest absolute Gasteiger partial charge is 0.330 e. The van der Waals surface area contributed by atoms with E-state index in [9.17, 15) is 19.2 Å². The van der Waals surface area contributed by atoms with Crippen molar-refractivity contribution in [3.63, 3.8) is 0 Å². The van der Waals surface area contributed by atoms with Gasteiger partial charge in [-0.25, -0.2) is 4.79 Å². The highest BCUT2D eigenvalue weighted by atomic mass is 16.7. The second kappa shape index (κ2) is 7.12. The van der Waals surface area contributed by atoms with Gasteiger partial charge in [-0.3, -0.25) is 14.4 Å². The zero-order valence-electron chi connectivity index (χ0n) is 13.4. The number of hydrogen-bond acceptors (Lipinski definition) is 5. The van der Waals surface area contributed by atoms with Crippen LogP contribution in [0.4, 0.5) is 5.69 Å². The minimum atomic E-state index is -0.795. The number of nitrogens with zero attached hydrogens (tertiary/aromatic N) is 1. The standard InChI is InChI=1S/C18H16N2O5/c21-15(8-11-18(24)25-20-16(22)9-10-17(20)23)19-14-7-3-5-12-4-1-2-6-13(12)14/h1-7H,8-11H2,(H,19,21). The largest absolute Gasteiger partial charge is 0.333 e. The topological polar surface area (TPSA) is 92.8 Å². The summed E-state index contributed by atoms with van der Waals surface area (Å²) in [6.45, 7) is 0. The predicted octanol–water partition coefficient (Wildman–Crippen LogP) is 2.17. The number of benzene rings is 2. The first kappa shape index (κ1) is 16.6. The van der Waals surface area contributed by atoms with E-state index in [1.807, 2.05) is 36.4 Å². The fraction of sp³-hybridized carbons (Fsp3) is 0.222. The Hall–Kier alpha value is -3.22. The molecule has 7 heteroatoms. The van der Waals surface area contributed by atoms with Gasteiger partial charge in [-0.1, -0.05) is 36.4 Å². The Labute approximate surface area is 143 Å². The van der Waals surface area contributed by atoms with E-state index >= 15 is 0 Å². The van der Waals surface area contributed by atoms with E-state index < -0.39 is 17.8 Å². The Bertz CT molecular complexity index is 840. The molecule has 1 N–H and O–H groups in total. The number of anilines is 1. The molecular weight excluding hydrogens is 324 g/mol. The third-order valence-corrected chi connectivity index (χ3v) is 3.82. The van der Waals surface area contributed by atoms with Gasteiger partial charge in [-0.2, -0.15) is 0 Å². The molecule has 0 radical (unpaired) electrons. The van der Waals surface area contributed by atoms with Crippen LogP contribution in [0.15, 0.2) is 42.5 Å². The van der Waals surface area contributed by atoms with Crippen molar-refractivity contribution in [2.75, 3.05) is 5.32 Å². The van der Waals surface area contributed by atoms with Crippen LogP contribution in [0.3, 0.4) is 0 Å². The van der Waals surface area contributed by atoms with Crippen LogP contribution < -0.4 is 5.32 Å². The molecule has 1 heterocycles. The molecule has 3 rings (SSSR count). The predicted molar refractivity (Wildman–Crippen MR) is 89.0 cm³/mol. The van der Waals surface area contributed by atoms with Crippen LogP contribution in [0.2, 0.25) is 0 Å². The van der Waals surface area contributed by atoms with E-state index in [4.69, 9.17) is 4.84 Å². The summed E-state index contributed by atoms with van der Waals surface area (Å²) in [5.41, 5.74) is 0.654. The number of nitrogens with one attached hydrogen (secondary N) is 1. The Kier molecular flexibility index (Phi) is 4.74. The minimum Gasteiger partial charge on any atom is -0.330 e. The summed E-state index contributed by atoms with van der Waals surface area (Å²) in [5, 5.41) is 5.12. The zero-order chi connectivity index (χ0) is 17.8. The van der Waals surface area contributed by atoms with E-state index in [1.165, 1.54) is 0 Å². The number of imide groups is 1. The number of hydroxylamine groups is 2. The molecule has 0 aliphatic carbocycles. The van der Waals surface area contributed by atoms with Crippen LogP contribution in [-0.2, 0) is 24.0 Å². The molecule has 1 aliphatic rings. The molecule has 0 unspecified atom stereocenters. The number of rotatable bonds is 5. The van der Waals surface area contributed by atoms with Crippen LogP contribution in [0.1, 0.15) is 25.7 Å². The molecule has 1 aliphatic heterocycles. The average Bonchev–Trinajstić information content (AvgIpc) is 2.92. The van der Waals surface area contributed by atoms with Crippen LogP contribution >= 0.6 is 0 Å².